The van der Waals surface area contributed by atoms with Gasteiger partial charge in [0.2, 0.25) is 0 Å². The number of aliphatic hydroxyl groups excluding tert-OH is 1. The molecule has 0 unspecified atom stereocenters. The molecule has 0 aliphatic carbocycles. The summed E-state index contributed by atoms with van der Waals surface area (Å²) in [5.41, 5.74) is 0.952. The van der Waals surface area contributed by atoms with E-state index in [2.05, 4.69) is 0 Å². The van der Waals surface area contributed by atoms with E-state index in [1.54, 1.807) is 24.9 Å². The SMILES string of the molecule is Cc1occc1Sc1ccccc1[C@@H](C)O. The summed E-state index contributed by atoms with van der Waals surface area (Å²) >= 11 is 1.62. The second kappa shape index (κ2) is 4.76. The summed E-state index contributed by atoms with van der Waals surface area (Å²) in [6.07, 6.45) is 1.23. The standard InChI is InChI=1S/C13H14O2S/c1-9(14)11-5-3-4-6-13(11)16-12-7-8-15-10(12)2/h3-9,14H,1-2H3/t9-/m1/s1. The van der Waals surface area contributed by atoms with Gasteiger partial charge in [0.15, 0.2) is 0 Å². The maximum Gasteiger partial charge on any atom is 0.114 e. The molecule has 1 aromatic carbocycles. The Morgan fingerprint density at radius 3 is 2.56 bits per heavy atom. The first-order chi connectivity index (χ1) is 7.68. The van der Waals surface area contributed by atoms with Crippen molar-refractivity contribution in [2.24, 2.45) is 0 Å². The van der Waals surface area contributed by atoms with Crippen LogP contribution in [-0.2, 0) is 0 Å². The second-order valence-corrected chi connectivity index (χ2v) is 4.74. The van der Waals surface area contributed by atoms with Gasteiger partial charge in [-0.25, -0.2) is 0 Å². The second-order valence-electron chi connectivity index (χ2n) is 3.66. The Labute approximate surface area is 99.3 Å². The molecule has 1 heterocycles. The summed E-state index contributed by atoms with van der Waals surface area (Å²) in [5, 5.41) is 9.67. The van der Waals surface area contributed by atoms with Gasteiger partial charge in [-0.1, -0.05) is 30.0 Å². The minimum Gasteiger partial charge on any atom is -0.468 e. The van der Waals surface area contributed by atoms with Crippen LogP contribution in [0.15, 0.2) is 50.8 Å². The van der Waals surface area contributed by atoms with Crippen LogP contribution in [0.2, 0.25) is 0 Å². The summed E-state index contributed by atoms with van der Waals surface area (Å²) in [5.74, 6) is 0.908. The van der Waals surface area contributed by atoms with Crippen LogP contribution in [0.5, 0.6) is 0 Å². The zero-order valence-corrected chi connectivity index (χ0v) is 10.1. The van der Waals surface area contributed by atoms with Gasteiger partial charge in [0.25, 0.3) is 0 Å². The third-order valence-corrected chi connectivity index (χ3v) is 3.64. The van der Waals surface area contributed by atoms with Crippen LogP contribution in [0.1, 0.15) is 24.4 Å². The third kappa shape index (κ3) is 2.31. The fraction of sp³-hybridized carbons (Fsp3) is 0.231. The Morgan fingerprint density at radius 2 is 1.94 bits per heavy atom. The summed E-state index contributed by atoms with van der Waals surface area (Å²) < 4.78 is 5.25. The minimum absolute atomic E-state index is 0.448. The molecule has 0 saturated heterocycles. The van der Waals surface area contributed by atoms with Gasteiger partial charge in [-0.05, 0) is 31.5 Å². The normalized spacial score (nSPS) is 12.7. The Kier molecular flexibility index (Phi) is 3.36. The molecular weight excluding hydrogens is 220 g/mol. The molecule has 2 nitrogen and oxygen atoms in total. The van der Waals surface area contributed by atoms with Crippen LogP contribution in [0.3, 0.4) is 0 Å². The summed E-state index contributed by atoms with van der Waals surface area (Å²) in [6.45, 7) is 3.72. The van der Waals surface area contributed by atoms with E-state index in [0.717, 1.165) is 21.1 Å². The predicted octanol–water partition coefficient (Wildman–Crippen LogP) is 3.79. The van der Waals surface area contributed by atoms with Crippen LogP contribution < -0.4 is 0 Å². The molecule has 2 rings (SSSR count). The van der Waals surface area contributed by atoms with E-state index in [0.29, 0.717) is 0 Å². The van der Waals surface area contributed by atoms with Gasteiger partial charge in [0.05, 0.1) is 17.3 Å². The van der Waals surface area contributed by atoms with E-state index in [9.17, 15) is 5.11 Å². The zero-order chi connectivity index (χ0) is 11.5. The summed E-state index contributed by atoms with van der Waals surface area (Å²) in [4.78, 5) is 2.16. The van der Waals surface area contributed by atoms with E-state index < -0.39 is 6.10 Å². The average Bonchev–Trinajstić information content (AvgIpc) is 2.65. The molecule has 0 saturated carbocycles. The Hall–Kier alpha value is -1.19. The first kappa shape index (κ1) is 11.3. The monoisotopic (exact) mass is 234 g/mol. The largest absolute Gasteiger partial charge is 0.468 e. The van der Waals surface area contributed by atoms with E-state index in [1.165, 1.54) is 0 Å². The molecule has 2 aromatic rings. The number of hydrogen-bond donors (Lipinski definition) is 1. The predicted molar refractivity (Wildman–Crippen MR) is 64.6 cm³/mol. The van der Waals surface area contributed by atoms with Crippen molar-refractivity contribution in [2.75, 3.05) is 0 Å². The van der Waals surface area contributed by atoms with Crippen molar-refractivity contribution in [3.8, 4) is 0 Å². The fourth-order valence-corrected chi connectivity index (χ4v) is 2.57. The van der Waals surface area contributed by atoms with E-state index in [1.807, 2.05) is 37.3 Å². The van der Waals surface area contributed by atoms with E-state index in [-0.39, 0.29) is 0 Å². The molecule has 0 bridgehead atoms. The number of hydrogen-bond acceptors (Lipinski definition) is 3. The van der Waals surface area contributed by atoms with Crippen molar-refractivity contribution in [2.45, 2.75) is 29.7 Å². The Balaban J connectivity index is 2.31. The van der Waals surface area contributed by atoms with Crippen LogP contribution in [-0.4, -0.2) is 5.11 Å². The quantitative estimate of drug-likeness (QED) is 0.877. The lowest BCUT2D eigenvalue weighted by Gasteiger charge is -2.10. The van der Waals surface area contributed by atoms with Gasteiger partial charge in [-0.15, -0.1) is 0 Å². The smallest absolute Gasteiger partial charge is 0.114 e. The van der Waals surface area contributed by atoms with Gasteiger partial charge >= 0.3 is 0 Å². The fourth-order valence-electron chi connectivity index (χ4n) is 1.52. The zero-order valence-electron chi connectivity index (χ0n) is 9.31. The van der Waals surface area contributed by atoms with E-state index >= 15 is 0 Å². The molecule has 3 heteroatoms. The highest BCUT2D eigenvalue weighted by Crippen LogP contribution is 2.35. The first-order valence-electron chi connectivity index (χ1n) is 5.17. The molecule has 84 valence electrons. The van der Waals surface area contributed by atoms with Gasteiger partial charge < -0.3 is 9.52 Å². The Morgan fingerprint density at radius 1 is 1.19 bits per heavy atom. The van der Waals surface area contributed by atoms with Crippen molar-refractivity contribution in [3.63, 3.8) is 0 Å². The van der Waals surface area contributed by atoms with Crippen molar-refractivity contribution >= 4 is 11.8 Å². The van der Waals surface area contributed by atoms with Crippen LogP contribution in [0, 0.1) is 6.92 Å². The number of aryl methyl sites for hydroxylation is 1. The highest BCUT2D eigenvalue weighted by atomic mass is 32.2. The van der Waals surface area contributed by atoms with E-state index in [4.69, 9.17) is 4.42 Å². The summed E-state index contributed by atoms with van der Waals surface area (Å²) in [7, 11) is 0. The number of furan rings is 1. The Bertz CT molecular complexity index is 474. The number of benzene rings is 1. The molecule has 0 fully saturated rings. The third-order valence-electron chi connectivity index (χ3n) is 2.40. The van der Waals surface area contributed by atoms with Crippen LogP contribution in [0.25, 0.3) is 0 Å². The molecular formula is C13H14O2S. The van der Waals surface area contributed by atoms with Crippen molar-refractivity contribution in [1.29, 1.82) is 0 Å². The topological polar surface area (TPSA) is 33.4 Å². The van der Waals surface area contributed by atoms with Crippen LogP contribution >= 0.6 is 11.8 Å². The highest BCUT2D eigenvalue weighted by molar-refractivity contribution is 7.99. The van der Waals surface area contributed by atoms with Crippen LogP contribution in [0.4, 0.5) is 0 Å². The van der Waals surface area contributed by atoms with Crippen molar-refractivity contribution in [3.05, 3.63) is 47.9 Å². The van der Waals surface area contributed by atoms with Gasteiger partial charge in [0.1, 0.15) is 5.76 Å². The number of rotatable bonds is 3. The van der Waals surface area contributed by atoms with Crippen molar-refractivity contribution < 1.29 is 9.52 Å². The lowest BCUT2D eigenvalue weighted by atomic mass is 10.1. The van der Waals surface area contributed by atoms with Gasteiger partial charge in [-0.3, -0.25) is 0 Å². The molecule has 1 aromatic heterocycles. The van der Waals surface area contributed by atoms with Crippen molar-refractivity contribution in [1.82, 2.24) is 0 Å². The average molecular weight is 234 g/mol. The molecule has 1 N–H and O–H groups in total. The molecule has 1 atom stereocenters. The van der Waals surface area contributed by atoms with Gasteiger partial charge in [0, 0.05) is 4.90 Å². The molecule has 0 radical (unpaired) electrons. The lowest BCUT2D eigenvalue weighted by molar-refractivity contribution is 0.196. The highest BCUT2D eigenvalue weighted by Gasteiger charge is 2.10. The molecule has 16 heavy (non-hydrogen) atoms. The first-order valence-corrected chi connectivity index (χ1v) is 5.99. The molecule has 0 amide bonds. The number of aliphatic hydroxyl groups is 1. The maximum absolute atomic E-state index is 9.67. The maximum atomic E-state index is 9.67. The molecule has 0 spiro atoms. The van der Waals surface area contributed by atoms with Gasteiger partial charge in [-0.2, -0.15) is 0 Å². The molecule has 0 aliphatic heterocycles. The molecule has 0 aliphatic rings. The summed E-state index contributed by atoms with van der Waals surface area (Å²) in [6, 6.07) is 9.82. The lowest BCUT2D eigenvalue weighted by Crippen LogP contribution is -1.93. The minimum atomic E-state index is -0.448.